The van der Waals surface area contributed by atoms with E-state index in [0.29, 0.717) is 6.42 Å². The highest BCUT2D eigenvalue weighted by Gasteiger charge is 2.19. The quantitative estimate of drug-likeness (QED) is 0.862. The van der Waals surface area contributed by atoms with Crippen molar-refractivity contribution in [1.82, 2.24) is 4.72 Å². The van der Waals surface area contributed by atoms with Crippen LogP contribution >= 0.6 is 11.6 Å². The lowest BCUT2D eigenvalue weighted by Gasteiger charge is -2.13. The third-order valence-electron chi connectivity index (χ3n) is 2.49. The van der Waals surface area contributed by atoms with Crippen LogP contribution in [0.4, 0.5) is 0 Å². The zero-order valence-corrected chi connectivity index (χ0v) is 11.5. The Hall–Kier alpha value is -0.620. The Balaban J connectivity index is 3.14. The molecule has 0 bridgehead atoms. The molecule has 0 saturated heterocycles. The lowest BCUT2D eigenvalue weighted by molar-refractivity contribution is 0.556. The second-order valence-corrected chi connectivity index (χ2v) is 5.99. The molecule has 1 unspecified atom stereocenters. The van der Waals surface area contributed by atoms with E-state index >= 15 is 0 Å². The molecule has 0 amide bonds. The molecule has 3 N–H and O–H groups in total. The van der Waals surface area contributed by atoms with Crippen LogP contribution in [-0.4, -0.2) is 14.5 Å². The second kappa shape index (κ2) is 5.82. The van der Waals surface area contributed by atoms with Gasteiger partial charge in [0.05, 0.1) is 5.02 Å². The molecule has 1 aromatic carbocycles. The summed E-state index contributed by atoms with van der Waals surface area (Å²) in [5.41, 5.74) is 6.22. The van der Waals surface area contributed by atoms with Gasteiger partial charge in [0.2, 0.25) is 10.0 Å². The first-order chi connectivity index (χ1) is 7.90. The van der Waals surface area contributed by atoms with Crippen LogP contribution in [0.1, 0.15) is 25.8 Å². The maximum Gasteiger partial charge on any atom is 0.242 e. The van der Waals surface area contributed by atoms with Crippen molar-refractivity contribution in [2.75, 3.05) is 0 Å². The van der Waals surface area contributed by atoms with Crippen molar-refractivity contribution < 1.29 is 8.42 Å². The van der Waals surface area contributed by atoms with Gasteiger partial charge in [0, 0.05) is 12.6 Å². The molecular weight excluding hydrogens is 260 g/mol. The van der Waals surface area contributed by atoms with Crippen molar-refractivity contribution in [3.8, 4) is 0 Å². The number of sulfonamides is 1. The predicted molar refractivity (Wildman–Crippen MR) is 69.4 cm³/mol. The zero-order valence-electron chi connectivity index (χ0n) is 9.90. The fraction of sp³-hybridized carbons (Fsp3) is 0.455. The van der Waals surface area contributed by atoms with Crippen LogP contribution in [0.2, 0.25) is 5.02 Å². The molecule has 0 aliphatic heterocycles. The van der Waals surface area contributed by atoms with Crippen LogP contribution < -0.4 is 10.5 Å². The highest BCUT2D eigenvalue weighted by atomic mass is 35.5. The maximum absolute atomic E-state index is 12.1. The van der Waals surface area contributed by atoms with Gasteiger partial charge in [-0.05, 0) is 31.0 Å². The molecule has 6 heteroatoms. The topological polar surface area (TPSA) is 72.2 Å². The van der Waals surface area contributed by atoms with Crippen molar-refractivity contribution >= 4 is 21.6 Å². The first-order valence-corrected chi connectivity index (χ1v) is 7.27. The Labute approximate surface area is 107 Å². The van der Waals surface area contributed by atoms with Crippen molar-refractivity contribution in [3.05, 3.63) is 28.8 Å². The van der Waals surface area contributed by atoms with Gasteiger partial charge in [-0.2, -0.15) is 0 Å². The van der Waals surface area contributed by atoms with Gasteiger partial charge in [-0.3, -0.25) is 0 Å². The van der Waals surface area contributed by atoms with Gasteiger partial charge >= 0.3 is 0 Å². The SMILES string of the molecule is CCC(C)NS(=O)(=O)c1cc(CN)ccc1Cl. The van der Waals surface area contributed by atoms with E-state index in [1.807, 2.05) is 6.92 Å². The van der Waals surface area contributed by atoms with E-state index in [1.165, 1.54) is 6.07 Å². The predicted octanol–water partition coefficient (Wildman–Crippen LogP) is 1.88. The Morgan fingerprint density at radius 1 is 1.47 bits per heavy atom. The third kappa shape index (κ3) is 3.67. The summed E-state index contributed by atoms with van der Waals surface area (Å²) in [4.78, 5) is 0.0856. The van der Waals surface area contributed by atoms with Crippen LogP contribution in [0.15, 0.2) is 23.1 Å². The smallest absolute Gasteiger partial charge is 0.242 e. The van der Waals surface area contributed by atoms with Gasteiger partial charge in [-0.1, -0.05) is 24.6 Å². The molecule has 0 saturated carbocycles. The lowest BCUT2D eigenvalue weighted by Crippen LogP contribution is -2.32. The molecule has 0 spiro atoms. The lowest BCUT2D eigenvalue weighted by atomic mass is 10.2. The summed E-state index contributed by atoms with van der Waals surface area (Å²) in [6.07, 6.45) is 0.716. The standard InChI is InChI=1S/C11H17ClN2O2S/c1-3-8(2)14-17(15,16)11-6-9(7-13)4-5-10(11)12/h4-6,8,14H,3,7,13H2,1-2H3. The van der Waals surface area contributed by atoms with E-state index in [9.17, 15) is 8.42 Å². The molecule has 96 valence electrons. The van der Waals surface area contributed by atoms with E-state index in [0.717, 1.165) is 5.56 Å². The fourth-order valence-electron chi connectivity index (χ4n) is 1.29. The van der Waals surface area contributed by atoms with Gasteiger partial charge in [-0.25, -0.2) is 13.1 Å². The normalized spacial score (nSPS) is 13.6. The van der Waals surface area contributed by atoms with Crippen LogP contribution in [-0.2, 0) is 16.6 Å². The van der Waals surface area contributed by atoms with Crippen molar-refractivity contribution in [1.29, 1.82) is 0 Å². The van der Waals surface area contributed by atoms with Crippen molar-refractivity contribution in [2.24, 2.45) is 5.73 Å². The molecule has 0 radical (unpaired) electrons. The van der Waals surface area contributed by atoms with E-state index in [4.69, 9.17) is 17.3 Å². The third-order valence-corrected chi connectivity index (χ3v) is 4.56. The van der Waals surface area contributed by atoms with Gasteiger partial charge in [0.15, 0.2) is 0 Å². The summed E-state index contributed by atoms with van der Waals surface area (Å²) in [6, 6.07) is 4.64. The van der Waals surface area contributed by atoms with Crippen LogP contribution in [0.5, 0.6) is 0 Å². The maximum atomic E-state index is 12.1. The summed E-state index contributed by atoms with van der Waals surface area (Å²) in [7, 11) is -3.57. The molecule has 1 rings (SSSR count). The molecular formula is C11H17ClN2O2S. The molecule has 0 aliphatic rings. The minimum Gasteiger partial charge on any atom is -0.326 e. The number of benzene rings is 1. The summed E-state index contributed by atoms with van der Waals surface area (Å²) < 4.78 is 26.7. The Bertz CT molecular complexity index is 488. The zero-order chi connectivity index (χ0) is 13.1. The Morgan fingerprint density at radius 3 is 2.65 bits per heavy atom. The molecule has 0 fully saturated rings. The number of rotatable bonds is 5. The molecule has 17 heavy (non-hydrogen) atoms. The fourth-order valence-corrected chi connectivity index (χ4v) is 3.17. The summed E-state index contributed by atoms with van der Waals surface area (Å²) in [5.74, 6) is 0. The van der Waals surface area contributed by atoms with Gasteiger partial charge in [0.1, 0.15) is 4.90 Å². The van der Waals surface area contributed by atoms with E-state index in [2.05, 4.69) is 4.72 Å². The van der Waals surface area contributed by atoms with E-state index in [1.54, 1.807) is 19.1 Å². The average molecular weight is 277 g/mol. The first kappa shape index (κ1) is 14.4. The number of halogens is 1. The van der Waals surface area contributed by atoms with E-state index < -0.39 is 10.0 Å². The molecule has 0 aromatic heterocycles. The molecule has 1 aromatic rings. The molecule has 1 atom stereocenters. The highest BCUT2D eigenvalue weighted by molar-refractivity contribution is 7.89. The van der Waals surface area contributed by atoms with Gasteiger partial charge in [-0.15, -0.1) is 0 Å². The number of nitrogens with two attached hydrogens (primary N) is 1. The number of hydrogen-bond donors (Lipinski definition) is 2. The average Bonchev–Trinajstić information content (AvgIpc) is 2.28. The van der Waals surface area contributed by atoms with Crippen LogP contribution in [0.3, 0.4) is 0 Å². The summed E-state index contributed by atoms with van der Waals surface area (Å²) in [5, 5.41) is 0.206. The minimum absolute atomic E-state index is 0.0856. The van der Waals surface area contributed by atoms with Crippen LogP contribution in [0.25, 0.3) is 0 Å². The second-order valence-electron chi connectivity index (χ2n) is 3.90. The number of nitrogens with one attached hydrogen (secondary N) is 1. The van der Waals surface area contributed by atoms with Gasteiger partial charge < -0.3 is 5.73 Å². The highest BCUT2D eigenvalue weighted by Crippen LogP contribution is 2.22. The monoisotopic (exact) mass is 276 g/mol. The Morgan fingerprint density at radius 2 is 2.12 bits per heavy atom. The van der Waals surface area contributed by atoms with Crippen LogP contribution in [0, 0.1) is 0 Å². The Kier molecular flexibility index (Phi) is 4.94. The van der Waals surface area contributed by atoms with Crippen molar-refractivity contribution in [3.63, 3.8) is 0 Å². The molecule has 0 heterocycles. The number of hydrogen-bond acceptors (Lipinski definition) is 3. The first-order valence-electron chi connectivity index (χ1n) is 5.41. The molecule has 4 nitrogen and oxygen atoms in total. The minimum atomic E-state index is -3.57. The van der Waals surface area contributed by atoms with Crippen molar-refractivity contribution in [2.45, 2.75) is 37.8 Å². The van der Waals surface area contributed by atoms with Gasteiger partial charge in [0.25, 0.3) is 0 Å². The summed E-state index contributed by atoms with van der Waals surface area (Å²) in [6.45, 7) is 3.99. The largest absolute Gasteiger partial charge is 0.326 e. The van der Waals surface area contributed by atoms with E-state index in [-0.39, 0.29) is 22.5 Å². The summed E-state index contributed by atoms with van der Waals surface area (Å²) >= 11 is 5.90. The molecule has 0 aliphatic carbocycles.